The summed E-state index contributed by atoms with van der Waals surface area (Å²) in [6.45, 7) is 8.82. The fourth-order valence-electron chi connectivity index (χ4n) is 3.22. The molecule has 7 heteroatoms. The minimum absolute atomic E-state index is 0.181. The van der Waals surface area contributed by atoms with Crippen LogP contribution in [0.25, 0.3) is 0 Å². The number of aromatic nitrogens is 1. The van der Waals surface area contributed by atoms with Crippen molar-refractivity contribution in [3.63, 3.8) is 0 Å². The average Bonchev–Trinajstić information content (AvgIpc) is 2.57. The number of rotatable bonds is 5. The van der Waals surface area contributed by atoms with Crippen LogP contribution in [0.2, 0.25) is 0 Å². The lowest BCUT2D eigenvalue weighted by molar-refractivity contribution is -0.622. The largest absolute Gasteiger partial charge is 0.618 e. The molecule has 0 aliphatic carbocycles. The third kappa shape index (κ3) is 3.61. The van der Waals surface area contributed by atoms with E-state index >= 15 is 0 Å². The van der Waals surface area contributed by atoms with Gasteiger partial charge in [0.15, 0.2) is 5.69 Å². The van der Waals surface area contributed by atoms with Gasteiger partial charge < -0.3 is 14.7 Å². The Hall–Kier alpha value is -2.70. The molecule has 0 N–H and O–H groups in total. The van der Waals surface area contributed by atoms with Crippen molar-refractivity contribution in [3.8, 4) is 0 Å². The number of hydrogen-bond acceptors (Lipinski definition) is 6. The van der Waals surface area contributed by atoms with E-state index in [-0.39, 0.29) is 18.8 Å². The maximum absolute atomic E-state index is 12.7. The fourth-order valence-corrected chi connectivity index (χ4v) is 3.22. The van der Waals surface area contributed by atoms with Gasteiger partial charge >= 0.3 is 11.9 Å². The molecule has 2 unspecified atom stereocenters. The summed E-state index contributed by atoms with van der Waals surface area (Å²) >= 11 is 0. The second-order valence-electron chi connectivity index (χ2n) is 6.07. The van der Waals surface area contributed by atoms with Crippen LogP contribution < -0.4 is 4.73 Å². The van der Waals surface area contributed by atoms with E-state index < -0.39 is 23.8 Å². The van der Waals surface area contributed by atoms with Crippen LogP contribution in [0.15, 0.2) is 34.5 Å². The predicted molar refractivity (Wildman–Crippen MR) is 95.4 cm³/mol. The van der Waals surface area contributed by atoms with Crippen LogP contribution in [0.4, 0.5) is 0 Å². The molecule has 7 nitrogen and oxygen atoms in total. The molecule has 2 rings (SSSR count). The molecular formula is C19H24N2O5. The van der Waals surface area contributed by atoms with Crippen LogP contribution in [-0.4, -0.2) is 30.9 Å². The first-order valence-electron chi connectivity index (χ1n) is 8.62. The van der Waals surface area contributed by atoms with Gasteiger partial charge in [0.2, 0.25) is 5.69 Å². The van der Waals surface area contributed by atoms with E-state index in [1.165, 1.54) is 0 Å². The molecule has 0 spiro atoms. The number of nitrogens with zero attached hydrogens (tertiary/aromatic N) is 2. The summed E-state index contributed by atoms with van der Waals surface area (Å²) in [6.07, 6.45) is 0. The summed E-state index contributed by atoms with van der Waals surface area (Å²) in [6, 6.07) is 5.00. The second-order valence-corrected chi connectivity index (χ2v) is 6.07. The Morgan fingerprint density at radius 3 is 2.42 bits per heavy atom. The molecule has 1 aliphatic heterocycles. The first kappa shape index (κ1) is 19.6. The molecule has 0 aromatic carbocycles. The number of carbonyl (C=O) groups is 2. The van der Waals surface area contributed by atoms with E-state index in [0.717, 1.165) is 4.73 Å². The number of hydrogen-bond donors (Lipinski definition) is 0. The molecule has 2 atom stereocenters. The summed E-state index contributed by atoms with van der Waals surface area (Å²) in [7, 11) is 0. The molecule has 26 heavy (non-hydrogen) atoms. The Morgan fingerprint density at radius 2 is 1.81 bits per heavy atom. The maximum atomic E-state index is 12.7. The molecule has 0 saturated heterocycles. The van der Waals surface area contributed by atoms with Crippen LogP contribution in [0, 0.1) is 18.0 Å². The van der Waals surface area contributed by atoms with Gasteiger partial charge in [0.25, 0.3) is 0 Å². The summed E-state index contributed by atoms with van der Waals surface area (Å²) < 4.78 is 11.1. The molecule has 0 saturated carbocycles. The fraction of sp³-hybridized carbons (Fsp3) is 0.474. The highest BCUT2D eigenvalue weighted by molar-refractivity contribution is 6.06. The number of esters is 2. The van der Waals surface area contributed by atoms with E-state index in [1.54, 1.807) is 52.8 Å². The van der Waals surface area contributed by atoms with Crippen LogP contribution in [0.3, 0.4) is 0 Å². The number of aliphatic imine (C=N–C) groups is 1. The lowest BCUT2D eigenvalue weighted by Gasteiger charge is -2.30. The zero-order chi connectivity index (χ0) is 19.4. The Balaban J connectivity index is 2.70. The van der Waals surface area contributed by atoms with E-state index in [4.69, 9.17) is 9.47 Å². The van der Waals surface area contributed by atoms with Crippen molar-refractivity contribution in [1.29, 1.82) is 0 Å². The van der Waals surface area contributed by atoms with Crippen LogP contribution >= 0.6 is 0 Å². The first-order valence-corrected chi connectivity index (χ1v) is 8.62. The quantitative estimate of drug-likeness (QED) is 0.456. The highest BCUT2D eigenvalue weighted by Crippen LogP contribution is 2.38. The Kier molecular flexibility index (Phi) is 6.13. The van der Waals surface area contributed by atoms with Gasteiger partial charge in [-0.1, -0.05) is 0 Å². The number of aryl methyl sites for hydroxylation is 1. The molecule has 0 radical (unpaired) electrons. The lowest BCUT2D eigenvalue weighted by atomic mass is 9.77. The molecule has 0 fully saturated rings. The number of pyridine rings is 1. The summed E-state index contributed by atoms with van der Waals surface area (Å²) in [5.41, 5.74) is 1.91. The topological polar surface area (TPSA) is 91.9 Å². The molecule has 2 heterocycles. The number of ether oxygens (including phenoxy) is 2. The maximum Gasteiger partial charge on any atom is 0.336 e. The molecule has 1 aromatic heterocycles. The van der Waals surface area contributed by atoms with E-state index in [9.17, 15) is 14.8 Å². The van der Waals surface area contributed by atoms with Gasteiger partial charge in [-0.2, -0.15) is 4.73 Å². The highest BCUT2D eigenvalue weighted by atomic mass is 16.5. The first-order chi connectivity index (χ1) is 12.3. The number of carbonyl (C=O) groups excluding carboxylic acids is 2. The zero-order valence-electron chi connectivity index (χ0n) is 15.7. The third-order valence-electron chi connectivity index (χ3n) is 4.34. The van der Waals surface area contributed by atoms with Gasteiger partial charge in [-0.05, 0) is 33.8 Å². The molecular weight excluding hydrogens is 336 g/mol. The molecule has 1 aliphatic rings. The van der Waals surface area contributed by atoms with E-state index in [0.29, 0.717) is 22.8 Å². The lowest BCUT2D eigenvalue weighted by Crippen LogP contribution is -2.44. The van der Waals surface area contributed by atoms with Gasteiger partial charge in [-0.25, -0.2) is 4.79 Å². The zero-order valence-corrected chi connectivity index (χ0v) is 15.7. The minimum atomic E-state index is -0.861. The van der Waals surface area contributed by atoms with Crippen molar-refractivity contribution in [2.75, 3.05) is 13.2 Å². The van der Waals surface area contributed by atoms with Crippen molar-refractivity contribution in [2.45, 2.75) is 40.5 Å². The second kappa shape index (κ2) is 8.12. The Morgan fingerprint density at radius 1 is 1.15 bits per heavy atom. The summed E-state index contributed by atoms with van der Waals surface area (Å²) in [5.74, 6) is -2.78. The molecule has 0 amide bonds. The van der Waals surface area contributed by atoms with Crippen molar-refractivity contribution >= 4 is 17.7 Å². The highest BCUT2D eigenvalue weighted by Gasteiger charge is 2.46. The molecule has 140 valence electrons. The Labute approximate surface area is 152 Å². The number of allylic oxidation sites excluding steroid dienone is 1. The standard InChI is InChI=1S/C19H24N2O5/c1-6-25-18(22)15-12(4)20-13(5)16(19(23)26-7-2)17(15)14-10-8-9-11(3)21(14)24/h8-10,15,17H,6-7H2,1-5H3. The van der Waals surface area contributed by atoms with Gasteiger partial charge in [0.05, 0.1) is 24.7 Å². The molecule has 1 aromatic rings. The van der Waals surface area contributed by atoms with Gasteiger partial charge in [0, 0.05) is 30.5 Å². The van der Waals surface area contributed by atoms with Gasteiger partial charge in [-0.15, -0.1) is 0 Å². The summed E-state index contributed by atoms with van der Waals surface area (Å²) in [5, 5.41) is 12.7. The third-order valence-corrected chi connectivity index (χ3v) is 4.34. The SMILES string of the molecule is CCOC(=O)C1=C(C)N=C(C)C(C(=O)OCC)C1c1cccc(C)[n+]1[O-]. The molecule has 0 bridgehead atoms. The monoisotopic (exact) mass is 360 g/mol. The van der Waals surface area contributed by atoms with Crippen LogP contribution in [-0.2, 0) is 19.1 Å². The van der Waals surface area contributed by atoms with Gasteiger partial charge in [0.1, 0.15) is 5.92 Å². The smallest absolute Gasteiger partial charge is 0.336 e. The van der Waals surface area contributed by atoms with Crippen molar-refractivity contribution < 1.29 is 23.8 Å². The Bertz CT molecular complexity index is 782. The average molecular weight is 360 g/mol. The van der Waals surface area contributed by atoms with E-state index in [1.807, 2.05) is 0 Å². The predicted octanol–water partition coefficient (Wildman–Crippen LogP) is 2.20. The minimum Gasteiger partial charge on any atom is -0.618 e. The van der Waals surface area contributed by atoms with Gasteiger partial charge in [-0.3, -0.25) is 9.79 Å². The summed E-state index contributed by atoms with van der Waals surface area (Å²) in [4.78, 5) is 29.6. The van der Waals surface area contributed by atoms with Crippen LogP contribution in [0.1, 0.15) is 45.0 Å². The normalized spacial score (nSPS) is 19.8. The van der Waals surface area contributed by atoms with Crippen molar-refractivity contribution in [1.82, 2.24) is 0 Å². The van der Waals surface area contributed by atoms with Crippen molar-refractivity contribution in [3.05, 3.63) is 46.1 Å². The van der Waals surface area contributed by atoms with E-state index in [2.05, 4.69) is 4.99 Å². The van der Waals surface area contributed by atoms with Crippen molar-refractivity contribution in [2.24, 2.45) is 10.9 Å². The van der Waals surface area contributed by atoms with Crippen LogP contribution in [0.5, 0.6) is 0 Å².